The molecular weight excluding hydrogens is 192 g/mol. The molecule has 2 atom stereocenters. The highest BCUT2D eigenvalue weighted by molar-refractivity contribution is 5.84. The number of hydrogen-bond donors (Lipinski definition) is 0. The fourth-order valence-corrected chi connectivity index (χ4v) is 2.45. The zero-order valence-corrected chi connectivity index (χ0v) is 8.53. The Kier molecular flexibility index (Phi) is 1.68. The lowest BCUT2D eigenvalue weighted by Gasteiger charge is -2.17. The first-order chi connectivity index (χ1) is 7.28. The molecule has 3 nitrogen and oxygen atoms in total. The van der Waals surface area contributed by atoms with Gasteiger partial charge in [0.05, 0.1) is 7.11 Å². The summed E-state index contributed by atoms with van der Waals surface area (Å²) in [5.74, 6) is -0.234. The van der Waals surface area contributed by atoms with Gasteiger partial charge in [-0.3, -0.25) is 0 Å². The van der Waals surface area contributed by atoms with Crippen LogP contribution in [0.5, 0.6) is 0 Å². The molecule has 0 aromatic heterocycles. The van der Waals surface area contributed by atoms with Crippen LogP contribution in [0.1, 0.15) is 23.7 Å². The third kappa shape index (κ3) is 1.07. The molecule has 3 rings (SSSR count). The minimum absolute atomic E-state index is 0.0742. The van der Waals surface area contributed by atoms with Crippen molar-refractivity contribution in [1.29, 1.82) is 0 Å². The van der Waals surface area contributed by atoms with Crippen molar-refractivity contribution in [2.24, 2.45) is 0 Å². The second-order valence-corrected chi connectivity index (χ2v) is 4.08. The Bertz CT molecular complexity index is 427. The maximum atomic E-state index is 11.6. The van der Waals surface area contributed by atoms with E-state index < -0.39 is 5.60 Å². The molecule has 0 N–H and O–H groups in total. The molecule has 78 valence electrons. The molecule has 0 bridgehead atoms. The molecule has 3 heteroatoms. The van der Waals surface area contributed by atoms with E-state index in [1.807, 2.05) is 18.2 Å². The van der Waals surface area contributed by atoms with Crippen LogP contribution in [-0.4, -0.2) is 18.7 Å². The molecule has 1 fully saturated rings. The van der Waals surface area contributed by atoms with Crippen molar-refractivity contribution in [2.75, 3.05) is 7.11 Å². The number of esters is 1. The van der Waals surface area contributed by atoms with Gasteiger partial charge in [0.25, 0.3) is 0 Å². The SMILES string of the molecule is COC(=O)C12CCc3ccccc3C1O2. The van der Waals surface area contributed by atoms with Crippen LogP contribution in [0.4, 0.5) is 0 Å². The van der Waals surface area contributed by atoms with Gasteiger partial charge in [-0.1, -0.05) is 24.3 Å². The normalized spacial score (nSPS) is 31.4. The minimum atomic E-state index is -0.664. The van der Waals surface area contributed by atoms with Crippen molar-refractivity contribution < 1.29 is 14.3 Å². The van der Waals surface area contributed by atoms with Gasteiger partial charge >= 0.3 is 5.97 Å². The molecule has 1 aliphatic heterocycles. The number of ether oxygens (including phenoxy) is 2. The first kappa shape index (κ1) is 8.92. The van der Waals surface area contributed by atoms with E-state index in [-0.39, 0.29) is 12.1 Å². The largest absolute Gasteiger partial charge is 0.467 e. The Morgan fingerprint density at radius 3 is 3.13 bits per heavy atom. The molecular formula is C12H12O3. The predicted molar refractivity (Wildman–Crippen MR) is 53.3 cm³/mol. The van der Waals surface area contributed by atoms with Gasteiger partial charge < -0.3 is 9.47 Å². The van der Waals surface area contributed by atoms with E-state index in [1.54, 1.807) is 0 Å². The number of methoxy groups -OCH3 is 1. The summed E-state index contributed by atoms with van der Waals surface area (Å²) in [6.07, 6.45) is 1.55. The second-order valence-electron chi connectivity index (χ2n) is 4.08. The molecule has 0 saturated carbocycles. The summed E-state index contributed by atoms with van der Waals surface area (Å²) in [6, 6.07) is 8.13. The lowest BCUT2D eigenvalue weighted by atomic mass is 9.84. The molecule has 0 amide bonds. The predicted octanol–water partition coefficient (Wildman–Crippen LogP) is 1.62. The van der Waals surface area contributed by atoms with Gasteiger partial charge in [-0.15, -0.1) is 0 Å². The Balaban J connectivity index is 1.98. The average molecular weight is 204 g/mol. The van der Waals surface area contributed by atoms with E-state index in [1.165, 1.54) is 12.7 Å². The number of aryl methyl sites for hydroxylation is 1. The van der Waals surface area contributed by atoms with Crippen LogP contribution in [0.2, 0.25) is 0 Å². The van der Waals surface area contributed by atoms with Crippen LogP contribution >= 0.6 is 0 Å². The maximum absolute atomic E-state index is 11.6. The van der Waals surface area contributed by atoms with Gasteiger partial charge in [0.2, 0.25) is 0 Å². The molecule has 1 heterocycles. The smallest absolute Gasteiger partial charge is 0.341 e. The first-order valence-electron chi connectivity index (χ1n) is 5.12. The van der Waals surface area contributed by atoms with Crippen LogP contribution in [0, 0.1) is 0 Å². The quantitative estimate of drug-likeness (QED) is 0.515. The van der Waals surface area contributed by atoms with Crippen LogP contribution in [-0.2, 0) is 20.7 Å². The average Bonchev–Trinajstić information content (AvgIpc) is 3.04. The molecule has 0 radical (unpaired) electrons. The van der Waals surface area contributed by atoms with E-state index in [0.29, 0.717) is 0 Å². The summed E-state index contributed by atoms with van der Waals surface area (Å²) >= 11 is 0. The molecule has 1 aromatic rings. The zero-order chi connectivity index (χ0) is 10.5. The standard InChI is InChI=1S/C12H12O3/c1-14-11(13)12-7-6-8-4-2-3-5-9(8)10(12)15-12/h2-5,10H,6-7H2,1H3. The number of epoxide rings is 1. The minimum Gasteiger partial charge on any atom is -0.467 e. The third-order valence-electron chi connectivity index (χ3n) is 3.33. The number of benzene rings is 1. The van der Waals surface area contributed by atoms with E-state index >= 15 is 0 Å². The van der Waals surface area contributed by atoms with E-state index in [9.17, 15) is 4.79 Å². The highest BCUT2D eigenvalue weighted by atomic mass is 16.7. The Morgan fingerprint density at radius 1 is 1.53 bits per heavy atom. The lowest BCUT2D eigenvalue weighted by Crippen LogP contribution is -2.30. The number of carbonyl (C=O) groups is 1. The van der Waals surface area contributed by atoms with Crippen LogP contribution in [0.3, 0.4) is 0 Å². The summed E-state index contributed by atoms with van der Waals surface area (Å²) in [7, 11) is 1.41. The van der Waals surface area contributed by atoms with Crippen molar-refractivity contribution in [3.05, 3.63) is 35.4 Å². The van der Waals surface area contributed by atoms with Crippen LogP contribution in [0.15, 0.2) is 24.3 Å². The summed E-state index contributed by atoms with van der Waals surface area (Å²) < 4.78 is 10.4. The zero-order valence-electron chi connectivity index (χ0n) is 8.53. The topological polar surface area (TPSA) is 38.8 Å². The van der Waals surface area contributed by atoms with Crippen molar-refractivity contribution in [3.8, 4) is 0 Å². The van der Waals surface area contributed by atoms with E-state index in [4.69, 9.17) is 9.47 Å². The second kappa shape index (κ2) is 2.83. The van der Waals surface area contributed by atoms with E-state index in [2.05, 4.69) is 6.07 Å². The van der Waals surface area contributed by atoms with Crippen molar-refractivity contribution in [3.63, 3.8) is 0 Å². The third-order valence-corrected chi connectivity index (χ3v) is 3.33. The molecule has 2 aliphatic rings. The maximum Gasteiger partial charge on any atom is 0.341 e. The summed E-state index contributed by atoms with van der Waals surface area (Å²) in [6.45, 7) is 0. The fraction of sp³-hybridized carbons (Fsp3) is 0.417. The summed E-state index contributed by atoms with van der Waals surface area (Å²) in [5.41, 5.74) is 1.78. The van der Waals surface area contributed by atoms with E-state index in [0.717, 1.165) is 18.4 Å². The van der Waals surface area contributed by atoms with Gasteiger partial charge in [-0.2, -0.15) is 0 Å². The summed E-state index contributed by atoms with van der Waals surface area (Å²) in [4.78, 5) is 11.6. The monoisotopic (exact) mass is 204 g/mol. The van der Waals surface area contributed by atoms with Crippen LogP contribution in [0.25, 0.3) is 0 Å². The van der Waals surface area contributed by atoms with Gasteiger partial charge in [-0.25, -0.2) is 4.79 Å². The molecule has 1 aromatic carbocycles. The van der Waals surface area contributed by atoms with Crippen molar-refractivity contribution in [1.82, 2.24) is 0 Å². The molecule has 1 aliphatic carbocycles. The molecule has 0 spiro atoms. The Morgan fingerprint density at radius 2 is 2.33 bits per heavy atom. The highest BCUT2D eigenvalue weighted by Gasteiger charge is 2.65. The number of hydrogen-bond acceptors (Lipinski definition) is 3. The molecule has 1 saturated heterocycles. The molecule has 2 unspecified atom stereocenters. The number of fused-ring (bicyclic) bond motifs is 3. The Labute approximate surface area is 88.0 Å². The number of carbonyl (C=O) groups excluding carboxylic acids is 1. The fourth-order valence-electron chi connectivity index (χ4n) is 2.45. The molecule has 15 heavy (non-hydrogen) atoms. The highest BCUT2D eigenvalue weighted by Crippen LogP contribution is 2.56. The van der Waals surface area contributed by atoms with Crippen molar-refractivity contribution in [2.45, 2.75) is 24.5 Å². The van der Waals surface area contributed by atoms with Gasteiger partial charge in [0.1, 0.15) is 6.10 Å². The van der Waals surface area contributed by atoms with Gasteiger partial charge in [0, 0.05) is 0 Å². The number of rotatable bonds is 1. The Hall–Kier alpha value is -1.35. The van der Waals surface area contributed by atoms with Gasteiger partial charge in [-0.05, 0) is 24.0 Å². The van der Waals surface area contributed by atoms with Crippen LogP contribution < -0.4 is 0 Å². The first-order valence-corrected chi connectivity index (χ1v) is 5.12. The van der Waals surface area contributed by atoms with Crippen molar-refractivity contribution >= 4 is 5.97 Å². The summed E-state index contributed by atoms with van der Waals surface area (Å²) in [5, 5.41) is 0. The van der Waals surface area contributed by atoms with Gasteiger partial charge in [0.15, 0.2) is 5.60 Å². The lowest BCUT2D eigenvalue weighted by molar-refractivity contribution is -0.147.